The van der Waals surface area contributed by atoms with E-state index in [1.807, 2.05) is 30.0 Å². The Kier molecular flexibility index (Phi) is 5.81. The third kappa shape index (κ3) is 4.49. The number of unbranched alkanes of at least 4 members (excludes halogenated alkanes) is 1. The third-order valence-corrected chi connectivity index (χ3v) is 4.29. The van der Waals surface area contributed by atoms with Crippen molar-refractivity contribution in [3.8, 4) is 5.75 Å². The van der Waals surface area contributed by atoms with Crippen molar-refractivity contribution < 1.29 is 4.74 Å². The second kappa shape index (κ2) is 7.85. The zero-order valence-electron chi connectivity index (χ0n) is 11.8. The van der Waals surface area contributed by atoms with Crippen molar-refractivity contribution in [2.75, 3.05) is 18.6 Å². The SMILES string of the molecule is COc1cc(N)ccc1SCCCCc1ccccc1. The monoisotopic (exact) mass is 287 g/mol. The Hall–Kier alpha value is -1.61. The number of nitrogens with two attached hydrogens (primary N) is 1. The van der Waals surface area contributed by atoms with E-state index in [2.05, 4.69) is 30.3 Å². The van der Waals surface area contributed by atoms with E-state index in [4.69, 9.17) is 10.5 Å². The molecule has 0 saturated carbocycles. The van der Waals surface area contributed by atoms with Crippen LogP contribution in [0.2, 0.25) is 0 Å². The molecule has 0 heterocycles. The number of ether oxygens (including phenoxy) is 1. The van der Waals surface area contributed by atoms with Gasteiger partial charge in [-0.15, -0.1) is 11.8 Å². The van der Waals surface area contributed by atoms with Gasteiger partial charge in [0.1, 0.15) is 5.75 Å². The van der Waals surface area contributed by atoms with Gasteiger partial charge >= 0.3 is 0 Å². The van der Waals surface area contributed by atoms with Gasteiger partial charge in [0.25, 0.3) is 0 Å². The fraction of sp³-hybridized carbons (Fsp3) is 0.294. The van der Waals surface area contributed by atoms with Gasteiger partial charge < -0.3 is 10.5 Å². The average molecular weight is 287 g/mol. The molecule has 0 radical (unpaired) electrons. The highest BCUT2D eigenvalue weighted by Gasteiger charge is 2.03. The first-order valence-corrected chi connectivity index (χ1v) is 7.88. The highest BCUT2D eigenvalue weighted by molar-refractivity contribution is 7.99. The summed E-state index contributed by atoms with van der Waals surface area (Å²) in [4.78, 5) is 1.17. The van der Waals surface area contributed by atoms with Gasteiger partial charge in [0, 0.05) is 16.6 Å². The predicted molar refractivity (Wildman–Crippen MR) is 87.5 cm³/mol. The second-order valence-electron chi connectivity index (χ2n) is 4.70. The van der Waals surface area contributed by atoms with Gasteiger partial charge in [-0.05, 0) is 42.7 Å². The molecule has 0 aromatic heterocycles. The second-order valence-corrected chi connectivity index (χ2v) is 5.84. The molecule has 0 aliphatic heterocycles. The van der Waals surface area contributed by atoms with Crippen molar-refractivity contribution in [3.05, 3.63) is 54.1 Å². The maximum Gasteiger partial charge on any atom is 0.134 e. The quantitative estimate of drug-likeness (QED) is 0.466. The smallest absolute Gasteiger partial charge is 0.134 e. The van der Waals surface area contributed by atoms with Crippen molar-refractivity contribution >= 4 is 17.4 Å². The molecular weight excluding hydrogens is 266 g/mol. The predicted octanol–water partition coefficient (Wildman–Crippen LogP) is 4.39. The number of aryl methyl sites for hydroxylation is 1. The van der Waals surface area contributed by atoms with Crippen LogP contribution in [-0.2, 0) is 6.42 Å². The highest BCUT2D eigenvalue weighted by Crippen LogP contribution is 2.31. The van der Waals surface area contributed by atoms with Crippen molar-refractivity contribution in [2.24, 2.45) is 0 Å². The van der Waals surface area contributed by atoms with Gasteiger partial charge in [-0.25, -0.2) is 0 Å². The van der Waals surface area contributed by atoms with E-state index in [1.54, 1.807) is 7.11 Å². The van der Waals surface area contributed by atoms with Crippen LogP contribution in [0, 0.1) is 0 Å². The molecule has 0 aliphatic carbocycles. The fourth-order valence-electron chi connectivity index (χ4n) is 2.06. The van der Waals surface area contributed by atoms with Crippen molar-refractivity contribution in [3.63, 3.8) is 0 Å². The van der Waals surface area contributed by atoms with E-state index in [9.17, 15) is 0 Å². The molecule has 0 bridgehead atoms. The molecule has 0 fully saturated rings. The fourth-order valence-corrected chi connectivity index (χ4v) is 3.08. The van der Waals surface area contributed by atoms with Crippen LogP contribution in [0.25, 0.3) is 0 Å². The van der Waals surface area contributed by atoms with Crippen molar-refractivity contribution in [2.45, 2.75) is 24.2 Å². The standard InChI is InChI=1S/C17H21NOS/c1-19-16-13-15(18)10-11-17(16)20-12-6-5-9-14-7-3-2-4-8-14/h2-4,7-8,10-11,13H,5-6,9,12,18H2,1H3. The highest BCUT2D eigenvalue weighted by atomic mass is 32.2. The minimum absolute atomic E-state index is 0.746. The van der Waals surface area contributed by atoms with Gasteiger partial charge in [-0.1, -0.05) is 30.3 Å². The first-order valence-electron chi connectivity index (χ1n) is 6.90. The Morgan fingerprint density at radius 2 is 1.85 bits per heavy atom. The third-order valence-electron chi connectivity index (χ3n) is 3.15. The van der Waals surface area contributed by atoms with Crippen LogP contribution in [0.4, 0.5) is 5.69 Å². The number of thioether (sulfide) groups is 1. The Morgan fingerprint density at radius 3 is 2.60 bits per heavy atom. The Balaban J connectivity index is 1.73. The van der Waals surface area contributed by atoms with Crippen LogP contribution in [0.3, 0.4) is 0 Å². The Morgan fingerprint density at radius 1 is 1.05 bits per heavy atom. The van der Waals surface area contributed by atoms with Crippen LogP contribution < -0.4 is 10.5 Å². The molecule has 0 aliphatic rings. The molecule has 2 N–H and O–H groups in total. The van der Waals surface area contributed by atoms with E-state index in [0.717, 1.165) is 23.6 Å². The molecule has 0 amide bonds. The topological polar surface area (TPSA) is 35.2 Å². The number of anilines is 1. The number of hydrogen-bond donors (Lipinski definition) is 1. The summed E-state index contributed by atoms with van der Waals surface area (Å²) in [5, 5.41) is 0. The first-order chi connectivity index (χ1) is 9.79. The zero-order chi connectivity index (χ0) is 14.2. The van der Waals surface area contributed by atoms with Gasteiger partial charge in [0.05, 0.1) is 7.11 Å². The summed E-state index contributed by atoms with van der Waals surface area (Å²) in [6.07, 6.45) is 3.57. The minimum atomic E-state index is 0.746. The van der Waals surface area contributed by atoms with Crippen molar-refractivity contribution in [1.82, 2.24) is 0 Å². The molecule has 3 heteroatoms. The Bertz CT molecular complexity index is 528. The average Bonchev–Trinajstić information content (AvgIpc) is 2.49. The maximum atomic E-state index is 5.75. The van der Waals surface area contributed by atoms with Crippen LogP contribution in [0.15, 0.2) is 53.4 Å². The van der Waals surface area contributed by atoms with E-state index in [0.29, 0.717) is 0 Å². The molecule has 0 atom stereocenters. The van der Waals surface area contributed by atoms with Crippen LogP contribution in [0.1, 0.15) is 18.4 Å². The molecule has 2 aromatic carbocycles. The van der Waals surface area contributed by atoms with E-state index >= 15 is 0 Å². The van der Waals surface area contributed by atoms with Crippen LogP contribution >= 0.6 is 11.8 Å². The van der Waals surface area contributed by atoms with E-state index in [1.165, 1.54) is 23.3 Å². The number of methoxy groups -OCH3 is 1. The van der Waals surface area contributed by atoms with Gasteiger partial charge in [-0.2, -0.15) is 0 Å². The molecule has 2 rings (SSSR count). The molecule has 0 spiro atoms. The minimum Gasteiger partial charge on any atom is -0.496 e. The number of nitrogen functional groups attached to an aromatic ring is 1. The number of hydrogen-bond acceptors (Lipinski definition) is 3. The largest absolute Gasteiger partial charge is 0.496 e. The van der Waals surface area contributed by atoms with Crippen LogP contribution in [-0.4, -0.2) is 12.9 Å². The summed E-state index contributed by atoms with van der Waals surface area (Å²) in [5.41, 5.74) is 7.92. The number of benzene rings is 2. The first kappa shape index (κ1) is 14.8. The van der Waals surface area contributed by atoms with Gasteiger partial charge in [0.2, 0.25) is 0 Å². The van der Waals surface area contributed by atoms with E-state index in [-0.39, 0.29) is 0 Å². The summed E-state index contributed by atoms with van der Waals surface area (Å²) < 4.78 is 5.35. The van der Waals surface area contributed by atoms with Crippen LogP contribution in [0.5, 0.6) is 5.75 Å². The maximum absolute atomic E-state index is 5.75. The lowest BCUT2D eigenvalue weighted by Crippen LogP contribution is -1.91. The number of rotatable bonds is 7. The zero-order valence-corrected chi connectivity index (χ0v) is 12.7. The van der Waals surface area contributed by atoms with Crippen molar-refractivity contribution in [1.29, 1.82) is 0 Å². The Labute approximate surface area is 125 Å². The molecule has 106 valence electrons. The molecular formula is C17H21NOS. The lowest BCUT2D eigenvalue weighted by Gasteiger charge is -2.08. The van der Waals surface area contributed by atoms with Gasteiger partial charge in [0.15, 0.2) is 0 Å². The molecule has 2 nitrogen and oxygen atoms in total. The lowest BCUT2D eigenvalue weighted by atomic mass is 10.1. The summed E-state index contributed by atoms with van der Waals surface area (Å²) in [5.74, 6) is 1.98. The van der Waals surface area contributed by atoms with Gasteiger partial charge in [-0.3, -0.25) is 0 Å². The normalized spacial score (nSPS) is 10.4. The molecule has 2 aromatic rings. The summed E-state index contributed by atoms with van der Waals surface area (Å²) in [6, 6.07) is 16.5. The molecule has 20 heavy (non-hydrogen) atoms. The summed E-state index contributed by atoms with van der Waals surface area (Å²) >= 11 is 1.83. The lowest BCUT2D eigenvalue weighted by molar-refractivity contribution is 0.405. The molecule has 0 saturated heterocycles. The van der Waals surface area contributed by atoms with E-state index < -0.39 is 0 Å². The molecule has 0 unspecified atom stereocenters. The summed E-state index contributed by atoms with van der Waals surface area (Å²) in [7, 11) is 1.69. The summed E-state index contributed by atoms with van der Waals surface area (Å²) in [6.45, 7) is 0.